The minimum absolute atomic E-state index is 0.176. The van der Waals surface area contributed by atoms with Crippen molar-refractivity contribution >= 4 is 16.6 Å². The van der Waals surface area contributed by atoms with E-state index in [0.29, 0.717) is 5.52 Å². The van der Waals surface area contributed by atoms with Gasteiger partial charge in [0.05, 0.1) is 11.6 Å². The molecular weight excluding hydrogens is 291 g/mol. The summed E-state index contributed by atoms with van der Waals surface area (Å²) in [6, 6.07) is 6.81. The summed E-state index contributed by atoms with van der Waals surface area (Å²) in [5.74, 6) is 0.545. The Bertz CT molecular complexity index is 878. The van der Waals surface area contributed by atoms with Crippen molar-refractivity contribution in [1.82, 2.24) is 15.0 Å². The molecule has 5 heteroatoms. The highest BCUT2D eigenvalue weighted by Crippen LogP contribution is 2.33. The fourth-order valence-corrected chi connectivity index (χ4v) is 3.23. The van der Waals surface area contributed by atoms with Crippen LogP contribution in [-0.4, -0.2) is 15.0 Å². The summed E-state index contributed by atoms with van der Waals surface area (Å²) in [6.45, 7) is 1.92. The highest BCUT2D eigenvalue weighted by atomic mass is 19.1. The van der Waals surface area contributed by atoms with Crippen molar-refractivity contribution in [2.45, 2.75) is 32.2 Å². The molecule has 0 bridgehead atoms. The Labute approximate surface area is 133 Å². The molecule has 1 aromatic carbocycles. The van der Waals surface area contributed by atoms with Crippen LogP contribution in [0.4, 0.5) is 10.1 Å². The van der Waals surface area contributed by atoms with Crippen molar-refractivity contribution in [2.75, 3.05) is 5.32 Å². The molecule has 0 aliphatic heterocycles. The molecule has 0 amide bonds. The summed E-state index contributed by atoms with van der Waals surface area (Å²) < 4.78 is 13.4. The summed E-state index contributed by atoms with van der Waals surface area (Å²) in [5.41, 5.74) is 3.92. The SMILES string of the molecule is Cc1ncc2c(n1)CCCC2Nc1ccnc2cc(F)ccc12. The summed E-state index contributed by atoms with van der Waals surface area (Å²) in [7, 11) is 0. The third-order valence-electron chi connectivity index (χ3n) is 4.34. The first kappa shape index (κ1) is 14.1. The van der Waals surface area contributed by atoms with Crippen molar-refractivity contribution < 1.29 is 4.39 Å². The molecule has 4 nitrogen and oxygen atoms in total. The van der Waals surface area contributed by atoms with Crippen molar-refractivity contribution in [3.05, 3.63) is 59.6 Å². The number of benzene rings is 1. The Morgan fingerprint density at radius 2 is 2.13 bits per heavy atom. The molecule has 0 radical (unpaired) electrons. The van der Waals surface area contributed by atoms with E-state index in [1.54, 1.807) is 12.3 Å². The first-order chi connectivity index (χ1) is 11.2. The molecule has 0 spiro atoms. The summed E-state index contributed by atoms with van der Waals surface area (Å²) in [5, 5.41) is 4.50. The van der Waals surface area contributed by atoms with Crippen LogP contribution in [-0.2, 0) is 6.42 Å². The molecule has 2 aromatic heterocycles. The van der Waals surface area contributed by atoms with E-state index >= 15 is 0 Å². The predicted molar refractivity (Wildman–Crippen MR) is 87.8 cm³/mol. The number of halogens is 1. The number of pyridine rings is 1. The van der Waals surface area contributed by atoms with Gasteiger partial charge in [0.1, 0.15) is 11.6 Å². The van der Waals surface area contributed by atoms with Gasteiger partial charge >= 0.3 is 0 Å². The van der Waals surface area contributed by atoms with Gasteiger partial charge in [-0.05, 0) is 44.4 Å². The topological polar surface area (TPSA) is 50.7 Å². The normalized spacial score (nSPS) is 17.0. The average Bonchev–Trinajstić information content (AvgIpc) is 2.54. The molecule has 0 saturated carbocycles. The second kappa shape index (κ2) is 5.57. The molecule has 1 atom stereocenters. The Morgan fingerprint density at radius 1 is 1.22 bits per heavy atom. The Balaban J connectivity index is 1.72. The van der Waals surface area contributed by atoms with Crippen LogP contribution in [0.15, 0.2) is 36.7 Å². The second-order valence-corrected chi connectivity index (χ2v) is 5.93. The number of hydrogen-bond acceptors (Lipinski definition) is 4. The number of nitrogens with zero attached hydrogens (tertiary/aromatic N) is 3. The lowest BCUT2D eigenvalue weighted by molar-refractivity contribution is 0.582. The quantitative estimate of drug-likeness (QED) is 0.778. The smallest absolute Gasteiger partial charge is 0.125 e. The molecule has 1 aliphatic rings. The van der Waals surface area contributed by atoms with Gasteiger partial charge in [0.2, 0.25) is 0 Å². The highest BCUT2D eigenvalue weighted by Gasteiger charge is 2.22. The fraction of sp³-hybridized carbons (Fsp3) is 0.278. The molecule has 23 heavy (non-hydrogen) atoms. The minimum atomic E-state index is -0.269. The number of rotatable bonds is 2. The summed E-state index contributed by atoms with van der Waals surface area (Å²) in [6.07, 6.45) is 6.76. The van der Waals surface area contributed by atoms with Crippen molar-refractivity contribution in [1.29, 1.82) is 0 Å². The number of aromatic nitrogens is 3. The molecule has 1 aliphatic carbocycles. The maximum absolute atomic E-state index is 13.4. The average molecular weight is 308 g/mol. The minimum Gasteiger partial charge on any atom is -0.378 e. The predicted octanol–water partition coefficient (Wildman–Crippen LogP) is 3.96. The molecule has 116 valence electrons. The zero-order chi connectivity index (χ0) is 15.8. The Morgan fingerprint density at radius 3 is 3.04 bits per heavy atom. The largest absolute Gasteiger partial charge is 0.378 e. The third-order valence-corrected chi connectivity index (χ3v) is 4.34. The van der Waals surface area contributed by atoms with Crippen LogP contribution < -0.4 is 5.32 Å². The number of hydrogen-bond donors (Lipinski definition) is 1. The van der Waals surface area contributed by atoms with E-state index in [2.05, 4.69) is 20.3 Å². The lowest BCUT2D eigenvalue weighted by Gasteiger charge is -2.26. The van der Waals surface area contributed by atoms with Gasteiger partial charge in [-0.1, -0.05) is 0 Å². The van der Waals surface area contributed by atoms with Gasteiger partial charge in [0, 0.05) is 40.8 Å². The molecule has 0 fully saturated rings. The highest BCUT2D eigenvalue weighted by molar-refractivity contribution is 5.91. The van der Waals surface area contributed by atoms with E-state index in [9.17, 15) is 4.39 Å². The molecular formula is C18H17FN4. The Kier molecular flexibility index (Phi) is 3.41. The fourth-order valence-electron chi connectivity index (χ4n) is 3.23. The lowest BCUT2D eigenvalue weighted by Crippen LogP contribution is -2.19. The first-order valence-electron chi connectivity index (χ1n) is 7.84. The standard InChI is InChI=1S/C18H17FN4/c1-11-21-10-14-15(22-11)3-2-4-16(14)23-17-7-8-20-18-9-12(19)5-6-13(17)18/h5-10,16H,2-4H2,1H3,(H,20,23). The van der Waals surface area contributed by atoms with E-state index < -0.39 is 0 Å². The van der Waals surface area contributed by atoms with Gasteiger partial charge < -0.3 is 5.32 Å². The zero-order valence-electron chi connectivity index (χ0n) is 12.9. The Hall–Kier alpha value is -2.56. The van der Waals surface area contributed by atoms with Gasteiger partial charge in [0.25, 0.3) is 0 Å². The zero-order valence-corrected chi connectivity index (χ0v) is 12.9. The first-order valence-corrected chi connectivity index (χ1v) is 7.84. The van der Waals surface area contributed by atoms with E-state index in [4.69, 9.17) is 0 Å². The van der Waals surface area contributed by atoms with Gasteiger partial charge in [-0.2, -0.15) is 0 Å². The van der Waals surface area contributed by atoms with E-state index in [1.807, 2.05) is 19.2 Å². The van der Waals surface area contributed by atoms with Crippen molar-refractivity contribution in [3.8, 4) is 0 Å². The molecule has 2 heterocycles. The molecule has 4 rings (SSSR count). The molecule has 3 aromatic rings. The number of nitrogens with one attached hydrogen (secondary N) is 1. The summed E-state index contributed by atoms with van der Waals surface area (Å²) in [4.78, 5) is 13.2. The number of anilines is 1. The van der Waals surface area contributed by atoms with Gasteiger partial charge in [-0.15, -0.1) is 0 Å². The summed E-state index contributed by atoms with van der Waals surface area (Å²) >= 11 is 0. The van der Waals surface area contributed by atoms with Crippen molar-refractivity contribution in [2.24, 2.45) is 0 Å². The van der Waals surface area contributed by atoms with E-state index in [0.717, 1.165) is 47.4 Å². The molecule has 1 unspecified atom stereocenters. The van der Waals surface area contributed by atoms with Crippen LogP contribution in [0.1, 0.15) is 36.0 Å². The third kappa shape index (κ3) is 2.63. The van der Waals surface area contributed by atoms with Crippen LogP contribution >= 0.6 is 0 Å². The van der Waals surface area contributed by atoms with Crippen LogP contribution in [0, 0.1) is 12.7 Å². The molecule has 0 saturated heterocycles. The number of fused-ring (bicyclic) bond motifs is 2. The second-order valence-electron chi connectivity index (χ2n) is 5.93. The van der Waals surface area contributed by atoms with Crippen LogP contribution in [0.2, 0.25) is 0 Å². The van der Waals surface area contributed by atoms with Gasteiger partial charge in [-0.25, -0.2) is 14.4 Å². The van der Waals surface area contributed by atoms with Crippen LogP contribution in [0.25, 0.3) is 10.9 Å². The number of aryl methyl sites for hydroxylation is 2. The van der Waals surface area contributed by atoms with Gasteiger partial charge in [0.15, 0.2) is 0 Å². The molecule has 1 N–H and O–H groups in total. The van der Waals surface area contributed by atoms with E-state index in [1.165, 1.54) is 12.1 Å². The van der Waals surface area contributed by atoms with Gasteiger partial charge in [-0.3, -0.25) is 4.98 Å². The van der Waals surface area contributed by atoms with E-state index in [-0.39, 0.29) is 11.9 Å². The maximum atomic E-state index is 13.4. The van der Waals surface area contributed by atoms with Crippen molar-refractivity contribution in [3.63, 3.8) is 0 Å². The lowest BCUT2D eigenvalue weighted by atomic mass is 9.92. The van der Waals surface area contributed by atoms with Crippen LogP contribution in [0.5, 0.6) is 0 Å². The van der Waals surface area contributed by atoms with Crippen LogP contribution in [0.3, 0.4) is 0 Å². The monoisotopic (exact) mass is 308 g/mol. The maximum Gasteiger partial charge on any atom is 0.125 e.